The predicted molar refractivity (Wildman–Crippen MR) is 97.1 cm³/mol. The summed E-state index contributed by atoms with van der Waals surface area (Å²) >= 11 is 0. The number of nitrogens with one attached hydrogen (secondary N) is 1. The van der Waals surface area contributed by atoms with Crippen molar-refractivity contribution in [2.45, 2.75) is 50.5 Å². The lowest BCUT2D eigenvalue weighted by atomic mass is 9.87. The lowest BCUT2D eigenvalue weighted by Gasteiger charge is -2.33. The van der Waals surface area contributed by atoms with Crippen LogP contribution in [0.5, 0.6) is 0 Å². The molecule has 7 nitrogen and oxygen atoms in total. The van der Waals surface area contributed by atoms with Crippen LogP contribution in [-0.2, 0) is 29.8 Å². The maximum atomic E-state index is 13.0. The van der Waals surface area contributed by atoms with Gasteiger partial charge in [-0.15, -0.1) is 0 Å². The average molecular weight is 382 g/mol. The van der Waals surface area contributed by atoms with Crippen molar-refractivity contribution in [3.8, 4) is 0 Å². The van der Waals surface area contributed by atoms with Gasteiger partial charge in [0.15, 0.2) is 0 Å². The number of amides is 1. The van der Waals surface area contributed by atoms with Crippen LogP contribution in [0.3, 0.4) is 0 Å². The molecule has 1 aliphatic heterocycles. The number of benzene rings is 1. The maximum Gasteiger partial charge on any atom is 0.307 e. The number of ether oxygens (including phenoxy) is 1. The van der Waals surface area contributed by atoms with Gasteiger partial charge in [-0.3, -0.25) is 9.59 Å². The van der Waals surface area contributed by atoms with E-state index in [0.29, 0.717) is 0 Å². The van der Waals surface area contributed by atoms with Crippen molar-refractivity contribution in [1.82, 2.24) is 9.62 Å². The van der Waals surface area contributed by atoms with Crippen LogP contribution in [0.2, 0.25) is 0 Å². The summed E-state index contributed by atoms with van der Waals surface area (Å²) in [5.41, 5.74) is 0.913. The van der Waals surface area contributed by atoms with Crippen LogP contribution in [0.25, 0.3) is 0 Å². The summed E-state index contributed by atoms with van der Waals surface area (Å²) in [4.78, 5) is 24.1. The van der Waals surface area contributed by atoms with Crippen LogP contribution in [-0.4, -0.2) is 50.3 Å². The van der Waals surface area contributed by atoms with E-state index in [9.17, 15) is 18.0 Å². The van der Waals surface area contributed by atoms with Gasteiger partial charge in [-0.05, 0) is 30.0 Å². The minimum absolute atomic E-state index is 0.0975. The van der Waals surface area contributed by atoms with Gasteiger partial charge in [0.25, 0.3) is 0 Å². The fourth-order valence-electron chi connectivity index (χ4n) is 2.82. The predicted octanol–water partition coefficient (Wildman–Crippen LogP) is 1.43. The average Bonchev–Trinajstić information content (AvgIpc) is 2.56. The third-order valence-electron chi connectivity index (χ3n) is 4.27. The summed E-state index contributed by atoms with van der Waals surface area (Å²) in [6, 6.07) is 5.54. The number of esters is 1. The standard InChI is InChI=1S/C18H26N2O5S/c1-5-25-16(21)12-15-17(22)19-10-11-20(15)26(23,24)14-8-6-13(7-9-14)18(2,3)4/h6-9,15H,5,10-12H2,1-4H3,(H,19,22)/t15-/m1/s1. The Labute approximate surface area is 154 Å². The van der Waals surface area contributed by atoms with Crippen molar-refractivity contribution < 1.29 is 22.7 Å². The molecule has 1 aliphatic rings. The van der Waals surface area contributed by atoms with Gasteiger partial charge < -0.3 is 10.1 Å². The summed E-state index contributed by atoms with van der Waals surface area (Å²) < 4.78 is 32.0. The lowest BCUT2D eigenvalue weighted by molar-refractivity contribution is -0.146. The third-order valence-corrected chi connectivity index (χ3v) is 6.20. The van der Waals surface area contributed by atoms with Crippen molar-refractivity contribution in [3.05, 3.63) is 29.8 Å². The van der Waals surface area contributed by atoms with Gasteiger partial charge in [-0.2, -0.15) is 4.31 Å². The molecule has 0 radical (unpaired) electrons. The molecular formula is C18H26N2O5S. The molecule has 1 N–H and O–H groups in total. The third kappa shape index (κ3) is 4.42. The van der Waals surface area contributed by atoms with E-state index in [0.717, 1.165) is 9.87 Å². The van der Waals surface area contributed by atoms with E-state index < -0.39 is 27.9 Å². The fraction of sp³-hybridized carbons (Fsp3) is 0.556. The normalized spacial score (nSPS) is 19.1. The van der Waals surface area contributed by atoms with Gasteiger partial charge in [-0.25, -0.2) is 8.42 Å². The number of carbonyl (C=O) groups excluding carboxylic acids is 2. The molecule has 0 aromatic heterocycles. The number of sulfonamides is 1. The number of piperazine rings is 1. The molecule has 1 fully saturated rings. The van der Waals surface area contributed by atoms with Crippen LogP contribution in [0.4, 0.5) is 0 Å². The first-order valence-electron chi connectivity index (χ1n) is 8.63. The highest BCUT2D eigenvalue weighted by atomic mass is 32.2. The first kappa shape index (κ1) is 20.4. The molecule has 2 rings (SSSR count). The second kappa shape index (κ2) is 7.75. The minimum Gasteiger partial charge on any atom is -0.466 e. The Balaban J connectivity index is 2.32. The molecule has 1 atom stereocenters. The van der Waals surface area contributed by atoms with Crippen LogP contribution >= 0.6 is 0 Å². The SMILES string of the molecule is CCOC(=O)C[C@@H]1C(=O)NCCN1S(=O)(=O)c1ccc(C(C)(C)C)cc1. The van der Waals surface area contributed by atoms with E-state index in [2.05, 4.69) is 5.32 Å². The Bertz CT molecular complexity index is 766. The molecule has 1 aromatic rings. The molecule has 1 heterocycles. The highest BCUT2D eigenvalue weighted by Gasteiger charge is 2.40. The van der Waals surface area contributed by atoms with E-state index >= 15 is 0 Å². The zero-order valence-electron chi connectivity index (χ0n) is 15.6. The van der Waals surface area contributed by atoms with E-state index in [1.54, 1.807) is 31.2 Å². The molecule has 1 amide bonds. The second-order valence-electron chi connectivity index (χ2n) is 7.21. The molecule has 0 aliphatic carbocycles. The number of rotatable bonds is 5. The molecule has 0 saturated carbocycles. The monoisotopic (exact) mass is 382 g/mol. The highest BCUT2D eigenvalue weighted by molar-refractivity contribution is 7.89. The Morgan fingerprint density at radius 1 is 1.27 bits per heavy atom. The lowest BCUT2D eigenvalue weighted by Crippen LogP contribution is -2.57. The molecule has 1 aromatic carbocycles. The molecule has 0 spiro atoms. The zero-order chi connectivity index (χ0) is 19.5. The van der Waals surface area contributed by atoms with Gasteiger partial charge in [0.05, 0.1) is 17.9 Å². The van der Waals surface area contributed by atoms with Gasteiger partial charge in [0.2, 0.25) is 15.9 Å². The summed E-state index contributed by atoms with van der Waals surface area (Å²) in [7, 11) is -3.90. The largest absolute Gasteiger partial charge is 0.466 e. The van der Waals surface area contributed by atoms with E-state index in [4.69, 9.17) is 4.74 Å². The minimum atomic E-state index is -3.90. The smallest absolute Gasteiger partial charge is 0.307 e. The maximum absolute atomic E-state index is 13.0. The van der Waals surface area contributed by atoms with Crippen molar-refractivity contribution in [2.75, 3.05) is 19.7 Å². The van der Waals surface area contributed by atoms with Crippen molar-refractivity contribution >= 4 is 21.9 Å². The summed E-state index contributed by atoms with van der Waals surface area (Å²) in [6.45, 7) is 8.28. The van der Waals surface area contributed by atoms with Gasteiger partial charge in [-0.1, -0.05) is 32.9 Å². The van der Waals surface area contributed by atoms with Crippen molar-refractivity contribution in [1.29, 1.82) is 0 Å². The Morgan fingerprint density at radius 2 is 1.88 bits per heavy atom. The summed E-state index contributed by atoms with van der Waals surface area (Å²) in [6.07, 6.45) is -0.307. The summed E-state index contributed by atoms with van der Waals surface area (Å²) in [5.74, 6) is -1.09. The first-order valence-corrected chi connectivity index (χ1v) is 10.1. The molecule has 0 bridgehead atoms. The van der Waals surface area contributed by atoms with Crippen LogP contribution in [0.15, 0.2) is 29.2 Å². The number of hydrogen-bond donors (Lipinski definition) is 1. The van der Waals surface area contributed by atoms with Crippen LogP contribution in [0, 0.1) is 0 Å². The number of carbonyl (C=O) groups is 2. The Hall–Kier alpha value is -1.93. The molecule has 144 valence electrons. The molecule has 0 unspecified atom stereocenters. The molecule has 26 heavy (non-hydrogen) atoms. The molecule has 1 saturated heterocycles. The van der Waals surface area contributed by atoms with Crippen molar-refractivity contribution in [2.24, 2.45) is 0 Å². The van der Waals surface area contributed by atoms with E-state index in [1.807, 2.05) is 20.8 Å². The van der Waals surface area contributed by atoms with E-state index in [1.165, 1.54) is 0 Å². The topological polar surface area (TPSA) is 92.8 Å². The molecule has 8 heteroatoms. The van der Waals surface area contributed by atoms with Crippen LogP contribution in [0.1, 0.15) is 39.7 Å². The second-order valence-corrected chi connectivity index (χ2v) is 9.10. The van der Waals surface area contributed by atoms with Crippen LogP contribution < -0.4 is 5.32 Å². The number of hydrogen-bond acceptors (Lipinski definition) is 5. The zero-order valence-corrected chi connectivity index (χ0v) is 16.4. The van der Waals surface area contributed by atoms with Gasteiger partial charge in [0.1, 0.15) is 6.04 Å². The quantitative estimate of drug-likeness (QED) is 0.778. The Kier molecular flexibility index (Phi) is 6.08. The van der Waals surface area contributed by atoms with Crippen molar-refractivity contribution in [3.63, 3.8) is 0 Å². The fourth-order valence-corrected chi connectivity index (χ4v) is 4.40. The van der Waals surface area contributed by atoms with Gasteiger partial charge in [0, 0.05) is 13.1 Å². The highest BCUT2D eigenvalue weighted by Crippen LogP contribution is 2.26. The molecular weight excluding hydrogens is 356 g/mol. The van der Waals surface area contributed by atoms with E-state index in [-0.39, 0.29) is 36.4 Å². The first-order chi connectivity index (χ1) is 12.1. The number of nitrogens with zero attached hydrogens (tertiary/aromatic N) is 1. The summed E-state index contributed by atoms with van der Waals surface area (Å²) in [5, 5.41) is 2.61. The Morgan fingerprint density at radius 3 is 2.42 bits per heavy atom. The van der Waals surface area contributed by atoms with Gasteiger partial charge >= 0.3 is 5.97 Å².